The molecule has 1 aromatic carbocycles. The SMILES string of the molecule is C=C/C=C\C.N#Cc1ccc(CCNC[C@@H]2CNc3cc(-c4cccnc4OC(F)F)cnc3O2)cc1. The molecule has 0 unspecified atom stereocenters. The zero-order valence-electron chi connectivity index (χ0n) is 20.5. The van der Waals surface area contributed by atoms with E-state index in [1.807, 2.05) is 43.3 Å². The molecule has 9 heteroatoms. The third-order valence-electron chi connectivity index (χ3n) is 5.31. The van der Waals surface area contributed by atoms with Gasteiger partial charge in [0.1, 0.15) is 6.10 Å². The number of alkyl halides is 2. The van der Waals surface area contributed by atoms with E-state index >= 15 is 0 Å². The topological polar surface area (TPSA) is 92.1 Å². The molecule has 0 saturated heterocycles. The van der Waals surface area contributed by atoms with E-state index in [2.05, 4.69) is 38.0 Å². The maximum atomic E-state index is 12.7. The van der Waals surface area contributed by atoms with Crippen molar-refractivity contribution in [3.05, 3.63) is 90.8 Å². The van der Waals surface area contributed by atoms with Gasteiger partial charge >= 0.3 is 6.61 Å². The van der Waals surface area contributed by atoms with E-state index in [0.717, 1.165) is 18.5 Å². The Hall–Kier alpha value is -4.29. The van der Waals surface area contributed by atoms with Gasteiger partial charge in [-0.2, -0.15) is 14.0 Å². The number of nitriles is 1. The zero-order chi connectivity index (χ0) is 26.5. The number of pyridine rings is 2. The van der Waals surface area contributed by atoms with Crippen LogP contribution < -0.4 is 20.1 Å². The molecule has 1 atom stereocenters. The lowest BCUT2D eigenvalue weighted by Crippen LogP contribution is -2.40. The molecule has 0 spiro atoms. The minimum Gasteiger partial charge on any atom is -0.470 e. The summed E-state index contributed by atoms with van der Waals surface area (Å²) < 4.78 is 35.8. The molecule has 192 valence electrons. The Kier molecular flexibility index (Phi) is 10.6. The Morgan fingerprint density at radius 3 is 2.78 bits per heavy atom. The van der Waals surface area contributed by atoms with Gasteiger partial charge in [-0.3, -0.25) is 0 Å². The van der Waals surface area contributed by atoms with Crippen LogP contribution in [0.3, 0.4) is 0 Å². The molecule has 2 N–H and O–H groups in total. The molecule has 1 aliphatic heterocycles. The maximum absolute atomic E-state index is 12.7. The number of benzene rings is 1. The highest BCUT2D eigenvalue weighted by molar-refractivity contribution is 5.73. The summed E-state index contributed by atoms with van der Waals surface area (Å²) in [5, 5.41) is 15.5. The van der Waals surface area contributed by atoms with Crippen molar-refractivity contribution >= 4 is 5.69 Å². The van der Waals surface area contributed by atoms with Crippen molar-refractivity contribution < 1.29 is 18.3 Å². The van der Waals surface area contributed by atoms with Gasteiger partial charge in [-0.1, -0.05) is 36.9 Å². The van der Waals surface area contributed by atoms with Crippen molar-refractivity contribution in [3.63, 3.8) is 0 Å². The maximum Gasteiger partial charge on any atom is 0.388 e. The second-order valence-corrected chi connectivity index (χ2v) is 7.96. The van der Waals surface area contributed by atoms with Crippen molar-refractivity contribution in [3.8, 4) is 29.0 Å². The van der Waals surface area contributed by atoms with E-state index in [-0.39, 0.29) is 12.0 Å². The number of hydrogen-bond acceptors (Lipinski definition) is 7. The van der Waals surface area contributed by atoms with Gasteiger partial charge in [0.15, 0.2) is 0 Å². The Balaban J connectivity index is 0.000000695. The lowest BCUT2D eigenvalue weighted by atomic mass is 10.1. The number of ether oxygens (including phenoxy) is 2. The van der Waals surface area contributed by atoms with E-state index in [4.69, 9.17) is 10.00 Å². The van der Waals surface area contributed by atoms with Crippen molar-refractivity contribution in [1.82, 2.24) is 15.3 Å². The number of hydrogen-bond donors (Lipinski definition) is 2. The van der Waals surface area contributed by atoms with Crippen LogP contribution in [0.2, 0.25) is 0 Å². The molecule has 4 rings (SSSR count). The number of aromatic nitrogens is 2. The molecule has 3 heterocycles. The van der Waals surface area contributed by atoms with Crippen LogP contribution in [-0.2, 0) is 6.42 Å². The predicted molar refractivity (Wildman–Crippen MR) is 140 cm³/mol. The van der Waals surface area contributed by atoms with Crippen LogP contribution in [0.4, 0.5) is 14.5 Å². The van der Waals surface area contributed by atoms with E-state index in [1.54, 1.807) is 30.5 Å². The quantitative estimate of drug-likeness (QED) is 0.298. The summed E-state index contributed by atoms with van der Waals surface area (Å²) >= 11 is 0. The molecule has 37 heavy (non-hydrogen) atoms. The first kappa shape index (κ1) is 27.3. The van der Waals surface area contributed by atoms with Gasteiger partial charge in [0, 0.05) is 30.1 Å². The lowest BCUT2D eigenvalue weighted by Gasteiger charge is -2.27. The molecule has 2 aromatic heterocycles. The summed E-state index contributed by atoms with van der Waals surface area (Å²) in [4.78, 5) is 8.24. The first-order chi connectivity index (χ1) is 18.0. The Labute approximate surface area is 215 Å². The first-order valence-electron chi connectivity index (χ1n) is 11.8. The predicted octanol–water partition coefficient (Wildman–Crippen LogP) is 5.37. The molecule has 7 nitrogen and oxygen atoms in total. The molecule has 0 aliphatic carbocycles. The van der Waals surface area contributed by atoms with Gasteiger partial charge in [-0.25, -0.2) is 9.97 Å². The Morgan fingerprint density at radius 1 is 1.30 bits per heavy atom. The summed E-state index contributed by atoms with van der Waals surface area (Å²) in [6.07, 6.45) is 9.27. The standard InChI is InChI=1S/C23H21F2N5O2.C5H8/c24-23(25)32-21-19(2-1-8-28-21)17-10-20-22(30-12-17)31-18(14-29-20)13-27-9-7-15-3-5-16(11-26)6-4-15;1-3-5-4-2/h1-6,8,10,12,18,23,27,29H,7,9,13-14H2;3-5H,1H2,2H3/b;5-4-/t18-;/m1./s1. The van der Waals surface area contributed by atoms with E-state index in [0.29, 0.717) is 41.3 Å². The second kappa shape index (κ2) is 14.3. The van der Waals surface area contributed by atoms with Crippen molar-refractivity contribution in [2.24, 2.45) is 0 Å². The molecular formula is C28H29F2N5O2. The lowest BCUT2D eigenvalue weighted by molar-refractivity contribution is -0.0524. The fourth-order valence-electron chi connectivity index (χ4n) is 3.52. The van der Waals surface area contributed by atoms with Gasteiger partial charge < -0.3 is 20.1 Å². The van der Waals surface area contributed by atoms with Crippen LogP contribution in [-0.4, -0.2) is 42.3 Å². The van der Waals surface area contributed by atoms with Gasteiger partial charge in [0.05, 0.1) is 23.9 Å². The smallest absolute Gasteiger partial charge is 0.388 e. The van der Waals surface area contributed by atoms with E-state index in [1.165, 1.54) is 6.20 Å². The highest BCUT2D eigenvalue weighted by Gasteiger charge is 2.22. The number of nitrogens with one attached hydrogen (secondary N) is 2. The zero-order valence-corrected chi connectivity index (χ0v) is 20.5. The monoisotopic (exact) mass is 505 g/mol. The minimum atomic E-state index is -2.96. The van der Waals surface area contributed by atoms with Gasteiger partial charge in [0.2, 0.25) is 11.8 Å². The average Bonchev–Trinajstić information content (AvgIpc) is 2.92. The number of anilines is 1. The summed E-state index contributed by atoms with van der Waals surface area (Å²) in [5.41, 5.74) is 3.52. The number of halogens is 2. The highest BCUT2D eigenvalue weighted by atomic mass is 19.3. The third kappa shape index (κ3) is 8.40. The van der Waals surface area contributed by atoms with Crippen molar-refractivity contribution in [2.75, 3.05) is 25.0 Å². The van der Waals surface area contributed by atoms with Crippen LogP contribution in [0.15, 0.2) is 79.7 Å². The van der Waals surface area contributed by atoms with Gasteiger partial charge in [-0.15, -0.1) is 0 Å². The molecular weight excluding hydrogens is 476 g/mol. The molecule has 0 fully saturated rings. The number of rotatable bonds is 9. The van der Waals surface area contributed by atoms with Crippen LogP contribution in [0.1, 0.15) is 18.1 Å². The van der Waals surface area contributed by atoms with Crippen LogP contribution in [0.25, 0.3) is 11.1 Å². The fourth-order valence-corrected chi connectivity index (χ4v) is 3.52. The van der Waals surface area contributed by atoms with Crippen LogP contribution >= 0.6 is 0 Å². The average molecular weight is 506 g/mol. The van der Waals surface area contributed by atoms with E-state index in [9.17, 15) is 8.78 Å². The van der Waals surface area contributed by atoms with Crippen molar-refractivity contribution in [1.29, 1.82) is 5.26 Å². The first-order valence-corrected chi connectivity index (χ1v) is 11.8. The van der Waals surface area contributed by atoms with Crippen LogP contribution in [0.5, 0.6) is 11.8 Å². The Bertz CT molecular complexity index is 1230. The highest BCUT2D eigenvalue weighted by Crippen LogP contribution is 2.34. The molecule has 0 radical (unpaired) electrons. The largest absolute Gasteiger partial charge is 0.470 e. The second-order valence-electron chi connectivity index (χ2n) is 7.96. The molecule has 3 aromatic rings. The van der Waals surface area contributed by atoms with Crippen molar-refractivity contribution in [2.45, 2.75) is 26.1 Å². The normalized spacial score (nSPS) is 14.0. The molecule has 1 aliphatic rings. The molecule has 0 bridgehead atoms. The number of fused-ring (bicyclic) bond motifs is 1. The molecule has 0 amide bonds. The number of nitrogens with zero attached hydrogens (tertiary/aromatic N) is 3. The van der Waals surface area contributed by atoms with Crippen LogP contribution in [0, 0.1) is 11.3 Å². The number of allylic oxidation sites excluding steroid dienone is 3. The fraction of sp³-hybridized carbons (Fsp3) is 0.250. The van der Waals surface area contributed by atoms with E-state index < -0.39 is 6.61 Å². The summed E-state index contributed by atoms with van der Waals surface area (Å²) in [7, 11) is 0. The summed E-state index contributed by atoms with van der Waals surface area (Å²) in [5.74, 6) is 0.310. The summed E-state index contributed by atoms with van der Waals surface area (Å²) in [6, 6.07) is 14.7. The van der Waals surface area contributed by atoms with Gasteiger partial charge in [-0.05, 0) is 55.8 Å². The minimum absolute atomic E-state index is 0.0991. The summed E-state index contributed by atoms with van der Waals surface area (Å²) in [6.45, 7) is 4.46. The van der Waals surface area contributed by atoms with Gasteiger partial charge in [0.25, 0.3) is 0 Å². The third-order valence-corrected chi connectivity index (χ3v) is 5.31. The Morgan fingerprint density at radius 2 is 2.11 bits per heavy atom. The molecule has 0 saturated carbocycles.